The molecule has 0 rings (SSSR count). The van der Waals surface area contributed by atoms with Gasteiger partial charge in [0.25, 0.3) is 0 Å². The second-order valence-electron chi connectivity index (χ2n) is 15.8. The summed E-state index contributed by atoms with van der Waals surface area (Å²) in [7, 11) is 0. The maximum Gasteiger partial charge on any atom is 0.306 e. The van der Waals surface area contributed by atoms with E-state index in [0.717, 1.165) is 77.0 Å². The first-order valence-electron chi connectivity index (χ1n) is 24.8. The van der Waals surface area contributed by atoms with Gasteiger partial charge in [-0.2, -0.15) is 0 Å². The summed E-state index contributed by atoms with van der Waals surface area (Å²) >= 11 is 0. The zero-order valence-electron chi connectivity index (χ0n) is 40.0. The molecule has 0 aliphatic rings. The Morgan fingerprint density at radius 1 is 0.349 bits per heavy atom. The fourth-order valence-electron chi connectivity index (χ4n) is 6.17. The monoisotopic (exact) mass is 869 g/mol. The van der Waals surface area contributed by atoms with Gasteiger partial charge < -0.3 is 14.2 Å². The number of hydrogen-bond acceptors (Lipinski definition) is 6. The number of carbonyl (C=O) groups is 3. The van der Waals surface area contributed by atoms with Crippen LogP contribution in [0.5, 0.6) is 0 Å². The molecule has 1 unspecified atom stereocenters. The van der Waals surface area contributed by atoms with Crippen LogP contribution in [-0.2, 0) is 28.6 Å². The highest BCUT2D eigenvalue weighted by Crippen LogP contribution is 2.13. The third kappa shape index (κ3) is 48.4. The molecule has 1 atom stereocenters. The lowest BCUT2D eigenvalue weighted by molar-refractivity contribution is -0.166. The van der Waals surface area contributed by atoms with E-state index in [-0.39, 0.29) is 50.4 Å². The molecule has 0 N–H and O–H groups in total. The molecule has 6 heteroatoms. The Labute approximate surface area is 385 Å². The highest BCUT2D eigenvalue weighted by Gasteiger charge is 2.19. The van der Waals surface area contributed by atoms with Crippen LogP contribution in [0.25, 0.3) is 0 Å². The average molecular weight is 869 g/mol. The third-order valence-electron chi connectivity index (χ3n) is 9.86. The van der Waals surface area contributed by atoms with Gasteiger partial charge in [-0.05, 0) is 77.0 Å². The van der Waals surface area contributed by atoms with Crippen LogP contribution in [0.3, 0.4) is 0 Å². The van der Waals surface area contributed by atoms with Crippen LogP contribution in [0, 0.1) is 0 Å². The Kier molecular flexibility index (Phi) is 46.7. The Hall–Kier alpha value is -4.45. The summed E-state index contributed by atoms with van der Waals surface area (Å²) in [5.74, 6) is -1.06. The van der Waals surface area contributed by atoms with E-state index >= 15 is 0 Å². The van der Waals surface area contributed by atoms with E-state index in [1.165, 1.54) is 57.8 Å². The van der Waals surface area contributed by atoms with E-state index in [9.17, 15) is 14.4 Å². The van der Waals surface area contributed by atoms with E-state index in [4.69, 9.17) is 14.2 Å². The molecule has 0 heterocycles. The molecular weight excluding hydrogens is 781 g/mol. The van der Waals surface area contributed by atoms with Gasteiger partial charge in [0.15, 0.2) is 6.10 Å². The highest BCUT2D eigenvalue weighted by molar-refractivity contribution is 5.71. The first kappa shape index (κ1) is 58.6. The van der Waals surface area contributed by atoms with Crippen LogP contribution >= 0.6 is 0 Å². The Morgan fingerprint density at radius 2 is 0.714 bits per heavy atom. The van der Waals surface area contributed by atoms with Crippen molar-refractivity contribution in [2.75, 3.05) is 13.2 Å². The molecule has 0 bridgehead atoms. The SMILES string of the molecule is CC\C=C/C=C\C=C/C=C\C=C\C=C/CCCCCC(=O)OCC(COC(=O)CC/C=C\C/C=C\CCCCCCCC)OC(=O)CCCCCCCCC\C=C/C=C\C=C/CC. The van der Waals surface area contributed by atoms with Crippen molar-refractivity contribution in [2.45, 2.75) is 194 Å². The van der Waals surface area contributed by atoms with Crippen molar-refractivity contribution in [3.05, 3.63) is 134 Å². The van der Waals surface area contributed by atoms with Gasteiger partial charge in [0.05, 0.1) is 0 Å². The lowest BCUT2D eigenvalue weighted by atomic mass is 10.1. The van der Waals surface area contributed by atoms with Crippen molar-refractivity contribution in [2.24, 2.45) is 0 Å². The molecule has 6 nitrogen and oxygen atoms in total. The molecule has 0 radical (unpaired) electrons. The van der Waals surface area contributed by atoms with Crippen LogP contribution in [0.1, 0.15) is 188 Å². The van der Waals surface area contributed by atoms with Gasteiger partial charge >= 0.3 is 17.9 Å². The molecule has 0 aromatic carbocycles. The Bertz CT molecular complexity index is 1420. The largest absolute Gasteiger partial charge is 0.462 e. The van der Waals surface area contributed by atoms with Crippen molar-refractivity contribution < 1.29 is 28.6 Å². The number of rotatable bonds is 42. The van der Waals surface area contributed by atoms with Gasteiger partial charge in [-0.1, -0.05) is 225 Å². The standard InChI is InChI=1S/C57H88O6/c1-4-7-10-13-16-19-22-25-27-28-30-32-35-38-41-44-47-50-56(59)62-53-54(52-61-55(58)49-46-43-40-37-34-31-24-21-18-15-12-9-6-3)63-57(60)51-48-45-42-39-36-33-29-26-23-20-17-14-11-8-5-2/h7-8,10-11,13-14,16-17,19-20,22-23,25,27-28,30-32,34-35,40,43,54H,4-6,9,12,15,18,21,24,26,29,33,36-39,41-42,44-53H2,1-3H3/b10-7-,11-8-,16-13-,17-14-,22-19-,23-20-,27-25-,30-28+,34-31-,35-32-,43-40-. The van der Waals surface area contributed by atoms with Gasteiger partial charge in [-0.25, -0.2) is 0 Å². The summed E-state index contributed by atoms with van der Waals surface area (Å²) < 4.78 is 16.7. The molecule has 0 aromatic heterocycles. The van der Waals surface area contributed by atoms with Crippen LogP contribution in [0.15, 0.2) is 134 Å². The number of unbranched alkanes of at least 4 members (excludes halogenated alkanes) is 16. The number of esters is 3. The first-order valence-corrected chi connectivity index (χ1v) is 24.8. The van der Waals surface area contributed by atoms with Gasteiger partial charge in [0.2, 0.25) is 0 Å². The van der Waals surface area contributed by atoms with E-state index in [0.29, 0.717) is 12.8 Å². The number of hydrogen-bond donors (Lipinski definition) is 0. The molecule has 0 aliphatic heterocycles. The van der Waals surface area contributed by atoms with Crippen molar-refractivity contribution in [3.8, 4) is 0 Å². The highest BCUT2D eigenvalue weighted by atomic mass is 16.6. The maximum atomic E-state index is 12.8. The number of carbonyl (C=O) groups excluding carboxylic acids is 3. The van der Waals surface area contributed by atoms with E-state index in [2.05, 4.69) is 87.6 Å². The second-order valence-corrected chi connectivity index (χ2v) is 15.8. The van der Waals surface area contributed by atoms with Crippen molar-refractivity contribution in [1.82, 2.24) is 0 Å². The van der Waals surface area contributed by atoms with Gasteiger partial charge in [-0.15, -0.1) is 0 Å². The summed E-state index contributed by atoms with van der Waals surface area (Å²) in [5, 5.41) is 0. The summed E-state index contributed by atoms with van der Waals surface area (Å²) in [6.07, 6.45) is 70.1. The maximum absolute atomic E-state index is 12.8. The predicted molar refractivity (Wildman–Crippen MR) is 269 cm³/mol. The summed E-state index contributed by atoms with van der Waals surface area (Å²) in [6.45, 7) is 6.22. The molecule has 0 saturated carbocycles. The van der Waals surface area contributed by atoms with Gasteiger partial charge in [-0.3, -0.25) is 14.4 Å². The number of allylic oxidation sites excluding steroid dienone is 22. The van der Waals surface area contributed by atoms with Crippen LogP contribution < -0.4 is 0 Å². The fourth-order valence-corrected chi connectivity index (χ4v) is 6.17. The number of ether oxygens (including phenoxy) is 3. The Balaban J connectivity index is 4.59. The molecule has 352 valence electrons. The molecule has 0 spiro atoms. The molecule has 0 amide bonds. The smallest absolute Gasteiger partial charge is 0.306 e. The molecule has 0 fully saturated rings. The first-order chi connectivity index (χ1) is 31.0. The summed E-state index contributed by atoms with van der Waals surface area (Å²) in [5.41, 5.74) is 0. The van der Waals surface area contributed by atoms with Crippen molar-refractivity contribution >= 4 is 17.9 Å². The molecular formula is C57H88O6. The minimum absolute atomic E-state index is 0.128. The van der Waals surface area contributed by atoms with Crippen LogP contribution in [0.4, 0.5) is 0 Å². The quantitative estimate of drug-likeness (QED) is 0.0200. The summed E-state index contributed by atoms with van der Waals surface area (Å²) in [6, 6.07) is 0. The molecule has 63 heavy (non-hydrogen) atoms. The van der Waals surface area contributed by atoms with Crippen molar-refractivity contribution in [1.29, 1.82) is 0 Å². The minimum atomic E-state index is -0.830. The Morgan fingerprint density at radius 3 is 1.21 bits per heavy atom. The molecule has 0 aliphatic carbocycles. The van der Waals surface area contributed by atoms with E-state index < -0.39 is 6.10 Å². The lowest BCUT2D eigenvalue weighted by Gasteiger charge is -2.18. The van der Waals surface area contributed by atoms with Gasteiger partial charge in [0, 0.05) is 19.3 Å². The van der Waals surface area contributed by atoms with E-state index in [1.54, 1.807) is 0 Å². The fraction of sp³-hybridized carbons (Fsp3) is 0.561. The van der Waals surface area contributed by atoms with Crippen LogP contribution in [0.2, 0.25) is 0 Å². The van der Waals surface area contributed by atoms with E-state index in [1.807, 2.05) is 66.8 Å². The second kappa shape index (κ2) is 50.2. The summed E-state index contributed by atoms with van der Waals surface area (Å²) in [4.78, 5) is 37.9. The van der Waals surface area contributed by atoms with Crippen molar-refractivity contribution in [3.63, 3.8) is 0 Å². The molecule has 0 aromatic rings. The predicted octanol–water partition coefficient (Wildman–Crippen LogP) is 16.3. The zero-order chi connectivity index (χ0) is 45.8. The third-order valence-corrected chi connectivity index (χ3v) is 9.86. The lowest BCUT2D eigenvalue weighted by Crippen LogP contribution is -2.30. The zero-order valence-corrected chi connectivity index (χ0v) is 40.0. The van der Waals surface area contributed by atoms with Crippen LogP contribution in [-0.4, -0.2) is 37.2 Å². The minimum Gasteiger partial charge on any atom is -0.462 e. The molecule has 0 saturated heterocycles. The van der Waals surface area contributed by atoms with Gasteiger partial charge in [0.1, 0.15) is 13.2 Å². The normalized spacial score (nSPS) is 13.3. The average Bonchev–Trinajstić information content (AvgIpc) is 3.28. The topological polar surface area (TPSA) is 78.9 Å².